The van der Waals surface area contributed by atoms with Gasteiger partial charge in [-0.2, -0.15) is 0 Å². The zero-order valence-corrected chi connectivity index (χ0v) is 28.9. The molecule has 0 spiro atoms. The van der Waals surface area contributed by atoms with E-state index < -0.39 is 27.7 Å². The van der Waals surface area contributed by atoms with Crippen molar-refractivity contribution in [2.24, 2.45) is 0 Å². The van der Waals surface area contributed by atoms with Gasteiger partial charge in [0.05, 0.1) is 9.77 Å². The molecule has 0 radical (unpaired) electrons. The summed E-state index contributed by atoms with van der Waals surface area (Å²) < 4.78 is 35.9. The molecule has 3 heterocycles. The van der Waals surface area contributed by atoms with E-state index in [4.69, 9.17) is 4.74 Å². The normalized spacial score (nSPS) is 17.9. The number of aromatic nitrogens is 1. The first-order valence-electron chi connectivity index (χ1n) is 15.9. The van der Waals surface area contributed by atoms with Crippen LogP contribution in [0.1, 0.15) is 52.0 Å². The van der Waals surface area contributed by atoms with Crippen LogP contribution in [0.25, 0.3) is 10.4 Å². The molecule has 0 aliphatic carbocycles. The van der Waals surface area contributed by atoms with Crippen LogP contribution in [0.2, 0.25) is 0 Å². The Morgan fingerprint density at radius 2 is 1.81 bits per heavy atom. The Bertz CT molecular complexity index is 1650. The van der Waals surface area contributed by atoms with E-state index in [-0.39, 0.29) is 23.6 Å². The van der Waals surface area contributed by atoms with Gasteiger partial charge in [-0.3, -0.25) is 4.90 Å². The predicted molar refractivity (Wildman–Crippen MR) is 184 cm³/mol. The van der Waals surface area contributed by atoms with Crippen molar-refractivity contribution in [3.8, 4) is 10.4 Å². The van der Waals surface area contributed by atoms with Crippen LogP contribution in [0.15, 0.2) is 59.6 Å². The monoisotopic (exact) mass is 684 g/mol. The van der Waals surface area contributed by atoms with E-state index in [0.717, 1.165) is 30.1 Å². The highest BCUT2D eigenvalue weighted by Gasteiger charge is 2.31. The van der Waals surface area contributed by atoms with Crippen molar-refractivity contribution >= 4 is 44.4 Å². The molecule has 2 amide bonds. The molecular formula is C33H44N6O6S2. The van der Waals surface area contributed by atoms with Gasteiger partial charge < -0.3 is 25.0 Å². The topological polar surface area (TPSA) is 144 Å². The third-order valence-corrected chi connectivity index (χ3v) is 11.2. The van der Waals surface area contributed by atoms with E-state index >= 15 is 0 Å². The number of thiazole rings is 1. The van der Waals surface area contributed by atoms with E-state index in [9.17, 15) is 23.1 Å². The number of piperidine rings is 1. The largest absolute Gasteiger partial charge is 0.465 e. The molecule has 2 aliphatic heterocycles. The Kier molecular flexibility index (Phi) is 10.7. The summed E-state index contributed by atoms with van der Waals surface area (Å²) in [5.74, 6) is 0. The van der Waals surface area contributed by atoms with Gasteiger partial charge in [0.15, 0.2) is 5.13 Å². The summed E-state index contributed by atoms with van der Waals surface area (Å²) in [5, 5.41) is 13.7. The number of amides is 2. The number of hydrogen-bond donors (Lipinski definition) is 3. The zero-order valence-electron chi connectivity index (χ0n) is 27.3. The summed E-state index contributed by atoms with van der Waals surface area (Å²) in [6.07, 6.45) is 3.02. The van der Waals surface area contributed by atoms with Crippen molar-refractivity contribution in [1.29, 1.82) is 0 Å². The molecule has 1 atom stereocenters. The van der Waals surface area contributed by atoms with E-state index in [2.05, 4.69) is 24.8 Å². The van der Waals surface area contributed by atoms with Gasteiger partial charge in [0.1, 0.15) is 6.10 Å². The maximum absolute atomic E-state index is 13.8. The van der Waals surface area contributed by atoms with Gasteiger partial charge in [-0.15, -0.1) is 0 Å². The van der Waals surface area contributed by atoms with Crippen molar-refractivity contribution in [2.75, 3.05) is 43.0 Å². The fraction of sp³-hybridized carbons (Fsp3) is 0.485. The number of likely N-dealkylation sites (N-methyl/N-ethyl adjacent to an activating group) is 1. The number of likely N-dealkylation sites (tertiary alicyclic amines) is 1. The number of benzene rings is 2. The average Bonchev–Trinajstić information content (AvgIpc) is 3.67. The van der Waals surface area contributed by atoms with Crippen LogP contribution < -0.4 is 19.8 Å². The number of alkyl carbamates (subject to hydrolysis) is 1. The van der Waals surface area contributed by atoms with Gasteiger partial charge in [0.2, 0.25) is 10.0 Å². The lowest BCUT2D eigenvalue weighted by Gasteiger charge is -2.31. The van der Waals surface area contributed by atoms with Crippen LogP contribution in [0.3, 0.4) is 0 Å². The van der Waals surface area contributed by atoms with Crippen LogP contribution in [-0.4, -0.2) is 86.5 Å². The van der Waals surface area contributed by atoms with Crippen LogP contribution in [-0.2, 0) is 21.3 Å². The number of rotatable bonds is 10. The molecule has 3 aromatic rings. The highest BCUT2D eigenvalue weighted by molar-refractivity contribution is 7.89. The highest BCUT2D eigenvalue weighted by atomic mass is 32.2. The predicted octanol–water partition coefficient (Wildman–Crippen LogP) is 5.36. The molecular weight excluding hydrogens is 641 g/mol. The molecule has 0 saturated carbocycles. The maximum atomic E-state index is 13.8. The summed E-state index contributed by atoms with van der Waals surface area (Å²) in [4.78, 5) is 35.5. The summed E-state index contributed by atoms with van der Waals surface area (Å²) in [6.45, 7) is 8.09. The van der Waals surface area contributed by atoms with Crippen molar-refractivity contribution in [2.45, 2.75) is 75.6 Å². The van der Waals surface area contributed by atoms with Gasteiger partial charge in [-0.1, -0.05) is 47.7 Å². The molecule has 254 valence electrons. The Morgan fingerprint density at radius 1 is 1.09 bits per heavy atom. The number of sulfonamides is 1. The van der Waals surface area contributed by atoms with Crippen LogP contribution in [0.4, 0.5) is 20.4 Å². The number of anilines is 2. The summed E-state index contributed by atoms with van der Waals surface area (Å²) in [5.41, 5.74) is 0.991. The molecule has 0 unspecified atom stereocenters. The molecule has 12 nitrogen and oxygen atoms in total. The second kappa shape index (κ2) is 14.6. The third-order valence-electron chi connectivity index (χ3n) is 8.33. The van der Waals surface area contributed by atoms with Gasteiger partial charge in [-0.05, 0) is 64.9 Å². The number of nitrogens with one attached hydrogen (secondary N) is 2. The summed E-state index contributed by atoms with van der Waals surface area (Å²) in [6, 6.07) is 14.5. The maximum Gasteiger partial charge on any atom is 0.411 e. The van der Waals surface area contributed by atoms with Crippen molar-refractivity contribution in [3.05, 3.63) is 60.3 Å². The van der Waals surface area contributed by atoms with Crippen molar-refractivity contribution < 1.29 is 27.9 Å². The van der Waals surface area contributed by atoms with Crippen LogP contribution >= 0.6 is 11.3 Å². The second-order valence-electron chi connectivity index (χ2n) is 13.1. The summed E-state index contributed by atoms with van der Waals surface area (Å²) in [7, 11) is -2.07. The quantitative estimate of drug-likeness (QED) is 0.257. The van der Waals surface area contributed by atoms with Crippen molar-refractivity contribution in [1.82, 2.24) is 19.9 Å². The Hall–Kier alpha value is -3.72. The van der Waals surface area contributed by atoms with Gasteiger partial charge >= 0.3 is 12.2 Å². The number of carbonyl (C=O) groups is 2. The second-order valence-corrected chi connectivity index (χ2v) is 15.8. The molecule has 2 aliphatic rings. The van der Waals surface area contributed by atoms with E-state index in [0.29, 0.717) is 48.6 Å². The molecule has 3 N–H and O–H groups in total. The first-order valence-corrected chi connectivity index (χ1v) is 18.2. The molecule has 14 heteroatoms. The smallest absolute Gasteiger partial charge is 0.411 e. The summed E-state index contributed by atoms with van der Waals surface area (Å²) >= 11 is 1.37. The number of ether oxygens (including phenoxy) is 1. The van der Waals surface area contributed by atoms with Gasteiger partial charge in [-0.25, -0.2) is 27.7 Å². The Balaban J connectivity index is 1.31. The fourth-order valence-electron chi connectivity index (χ4n) is 5.94. The van der Waals surface area contributed by atoms with Gasteiger partial charge in [0, 0.05) is 68.0 Å². The lowest BCUT2D eigenvalue weighted by molar-refractivity contribution is 0.0828. The average molecular weight is 685 g/mol. The fourth-order valence-corrected chi connectivity index (χ4v) is 8.67. The Morgan fingerprint density at radius 3 is 2.45 bits per heavy atom. The minimum absolute atomic E-state index is 0.000208. The first kappa shape index (κ1) is 34.6. The zero-order chi connectivity index (χ0) is 33.8. The van der Waals surface area contributed by atoms with Crippen LogP contribution in [0.5, 0.6) is 0 Å². The molecule has 2 aromatic carbocycles. The third kappa shape index (κ3) is 9.01. The van der Waals surface area contributed by atoms with Crippen LogP contribution in [0, 0.1) is 0 Å². The van der Waals surface area contributed by atoms with Crippen molar-refractivity contribution in [3.63, 3.8) is 0 Å². The van der Waals surface area contributed by atoms with Gasteiger partial charge in [0.25, 0.3) is 0 Å². The Labute approximate surface area is 280 Å². The van der Waals surface area contributed by atoms with E-state index in [1.54, 1.807) is 39.1 Å². The molecule has 5 rings (SSSR count). The van der Waals surface area contributed by atoms with E-state index in [1.165, 1.54) is 22.3 Å². The minimum Gasteiger partial charge on any atom is -0.465 e. The highest BCUT2D eigenvalue weighted by Crippen LogP contribution is 2.38. The molecule has 47 heavy (non-hydrogen) atoms. The lowest BCUT2D eigenvalue weighted by Crippen LogP contribution is -2.42. The standard InChI is InChI=1S/C33H44N6O6S2/c1-33(2,3)36-47(43,44)29-19-24(39(32(41)42)22-25-11-8-16-37(25)4)12-13-27(29)28-21-34-30(46-28)38-17-14-26(15-18-38)45-31(40)35-20-23-9-6-5-7-10-23/h5-7,9-10,12-13,19,21,25-26,36H,8,11,14-18,20,22H2,1-4H3,(H,35,40)(H,41,42)/t25-/m0/s1. The number of carbonyl (C=O) groups excluding carboxylic acids is 1. The minimum atomic E-state index is -4.04. The number of carboxylic acid groups (broad SMARTS) is 1. The SMILES string of the molecule is CN1CCC[C@H]1CN(C(=O)O)c1ccc(-c2cnc(N3CCC(OC(=O)NCc4ccccc4)CC3)s2)c(S(=O)(=O)NC(C)(C)C)c1. The number of hydrogen-bond acceptors (Lipinski definition) is 9. The molecule has 0 bridgehead atoms. The number of nitrogens with zero attached hydrogens (tertiary/aromatic N) is 4. The first-order chi connectivity index (χ1) is 22.3. The molecule has 2 saturated heterocycles. The molecule has 2 fully saturated rings. The van der Waals surface area contributed by atoms with E-state index in [1.807, 2.05) is 37.4 Å². The molecule has 1 aromatic heterocycles. The lowest BCUT2D eigenvalue weighted by atomic mass is 10.1.